The van der Waals surface area contributed by atoms with Crippen LogP contribution in [0, 0.1) is 0 Å². The average molecular weight is 400 g/mol. The van der Waals surface area contributed by atoms with E-state index in [0.717, 1.165) is 6.42 Å². The van der Waals surface area contributed by atoms with Crippen molar-refractivity contribution in [2.24, 2.45) is 0 Å². The maximum atomic E-state index is 13.0. The van der Waals surface area contributed by atoms with E-state index in [1.807, 2.05) is 18.7 Å². The zero-order valence-corrected chi connectivity index (χ0v) is 17.2. The van der Waals surface area contributed by atoms with Crippen molar-refractivity contribution >= 4 is 15.9 Å². The van der Waals surface area contributed by atoms with Crippen LogP contribution in [0.4, 0.5) is 0 Å². The van der Waals surface area contributed by atoms with Gasteiger partial charge in [-0.1, -0.05) is 6.92 Å². The number of hydrogen-bond donors (Lipinski definition) is 1. The minimum absolute atomic E-state index is 0.0323. The number of carbonyl (C=O) groups is 1. The molecule has 27 heavy (non-hydrogen) atoms. The lowest BCUT2D eigenvalue weighted by Gasteiger charge is -2.34. The van der Waals surface area contributed by atoms with Crippen LogP contribution in [0.15, 0.2) is 23.1 Å². The van der Waals surface area contributed by atoms with Gasteiger partial charge in [-0.05, 0) is 25.5 Å². The number of sulfonamides is 1. The zero-order valence-electron chi connectivity index (χ0n) is 16.4. The van der Waals surface area contributed by atoms with Crippen LogP contribution < -0.4 is 14.8 Å². The molecule has 8 nitrogen and oxygen atoms in total. The van der Waals surface area contributed by atoms with Gasteiger partial charge in [0.05, 0.1) is 20.8 Å². The van der Waals surface area contributed by atoms with E-state index in [0.29, 0.717) is 31.9 Å². The quantitative estimate of drug-likeness (QED) is 0.700. The molecule has 1 amide bonds. The van der Waals surface area contributed by atoms with Crippen molar-refractivity contribution in [3.05, 3.63) is 18.2 Å². The number of carbonyl (C=O) groups excluding carboxylic acids is 1. The highest BCUT2D eigenvalue weighted by atomic mass is 32.2. The summed E-state index contributed by atoms with van der Waals surface area (Å²) in [5.74, 6) is 0.705. The molecular formula is C18H29N3O5S. The van der Waals surface area contributed by atoms with E-state index < -0.39 is 10.0 Å². The summed E-state index contributed by atoms with van der Waals surface area (Å²) in [6.07, 6.45) is 0.875. The molecule has 0 aliphatic carbocycles. The molecule has 0 bridgehead atoms. The molecule has 0 radical (unpaired) electrons. The van der Waals surface area contributed by atoms with Gasteiger partial charge in [0.1, 0.15) is 16.4 Å². The summed E-state index contributed by atoms with van der Waals surface area (Å²) < 4.78 is 37.9. The lowest BCUT2D eigenvalue weighted by molar-refractivity contribution is -0.123. The van der Waals surface area contributed by atoms with E-state index in [1.165, 1.54) is 24.6 Å². The summed E-state index contributed by atoms with van der Waals surface area (Å²) in [6.45, 7) is 5.89. The minimum Gasteiger partial charge on any atom is -0.497 e. The smallest absolute Gasteiger partial charge is 0.246 e. The van der Waals surface area contributed by atoms with Crippen LogP contribution >= 0.6 is 0 Å². The number of hydrogen-bond acceptors (Lipinski definition) is 6. The first-order chi connectivity index (χ1) is 12.8. The Bertz CT molecular complexity index is 745. The van der Waals surface area contributed by atoms with Crippen molar-refractivity contribution < 1.29 is 22.7 Å². The normalized spacial score (nSPS) is 17.3. The number of rotatable bonds is 8. The molecule has 0 saturated carbocycles. The second-order valence-electron chi connectivity index (χ2n) is 6.57. The van der Waals surface area contributed by atoms with E-state index in [1.54, 1.807) is 12.1 Å². The standard InChI is InChI=1S/C18H29N3O5S/c1-5-14(2)19-18(22)13-20-8-10-21(11-9-20)27(23,24)17-12-15(25-3)6-7-16(17)26-4/h6-7,12,14H,5,8-11,13H2,1-4H3,(H,19,22)/t14-/m0/s1. The fraction of sp³-hybridized carbons (Fsp3) is 0.611. The number of benzene rings is 1. The summed E-state index contributed by atoms with van der Waals surface area (Å²) in [7, 11) is -0.784. The first kappa shape index (κ1) is 21.5. The topological polar surface area (TPSA) is 88.2 Å². The lowest BCUT2D eigenvalue weighted by atomic mass is 10.2. The summed E-state index contributed by atoms with van der Waals surface area (Å²) in [4.78, 5) is 14.1. The molecule has 0 spiro atoms. The molecule has 1 aliphatic heterocycles. The molecule has 1 aliphatic rings. The monoisotopic (exact) mass is 399 g/mol. The molecule has 0 aromatic heterocycles. The second kappa shape index (κ2) is 9.38. The van der Waals surface area contributed by atoms with Gasteiger partial charge in [-0.2, -0.15) is 4.31 Å². The van der Waals surface area contributed by atoms with Crippen LogP contribution in [0.2, 0.25) is 0 Å². The van der Waals surface area contributed by atoms with E-state index in [9.17, 15) is 13.2 Å². The fourth-order valence-corrected chi connectivity index (χ4v) is 4.47. The number of amides is 1. The van der Waals surface area contributed by atoms with Crippen molar-refractivity contribution in [1.82, 2.24) is 14.5 Å². The average Bonchev–Trinajstić information content (AvgIpc) is 2.67. The summed E-state index contributed by atoms with van der Waals surface area (Å²) in [5.41, 5.74) is 0. The Labute approximate surface area is 161 Å². The van der Waals surface area contributed by atoms with Crippen LogP contribution in [-0.4, -0.2) is 76.5 Å². The predicted molar refractivity (Wildman–Crippen MR) is 103 cm³/mol. The highest BCUT2D eigenvalue weighted by molar-refractivity contribution is 7.89. The van der Waals surface area contributed by atoms with E-state index in [4.69, 9.17) is 9.47 Å². The molecule has 1 saturated heterocycles. The van der Waals surface area contributed by atoms with Crippen molar-refractivity contribution in [1.29, 1.82) is 0 Å². The Morgan fingerprint density at radius 3 is 2.41 bits per heavy atom. The molecule has 1 heterocycles. The Kier molecular flexibility index (Phi) is 7.46. The van der Waals surface area contributed by atoms with Crippen molar-refractivity contribution in [3.8, 4) is 11.5 Å². The molecule has 1 aromatic rings. The summed E-state index contributed by atoms with van der Waals surface area (Å²) in [5, 5.41) is 2.93. The Hall–Kier alpha value is -1.84. The largest absolute Gasteiger partial charge is 0.497 e. The molecule has 9 heteroatoms. The molecule has 1 aromatic carbocycles. The van der Waals surface area contributed by atoms with Gasteiger partial charge in [0, 0.05) is 38.3 Å². The first-order valence-corrected chi connectivity index (χ1v) is 10.5. The summed E-state index contributed by atoms with van der Waals surface area (Å²) in [6, 6.07) is 4.85. The predicted octanol–water partition coefficient (Wildman–Crippen LogP) is 0.925. The minimum atomic E-state index is -3.71. The first-order valence-electron chi connectivity index (χ1n) is 9.05. The molecule has 1 fully saturated rings. The van der Waals surface area contributed by atoms with Crippen molar-refractivity contribution in [2.75, 3.05) is 46.9 Å². The van der Waals surface area contributed by atoms with Gasteiger partial charge in [0.25, 0.3) is 0 Å². The summed E-state index contributed by atoms with van der Waals surface area (Å²) >= 11 is 0. The van der Waals surface area contributed by atoms with Crippen LogP contribution in [0.1, 0.15) is 20.3 Å². The van der Waals surface area contributed by atoms with E-state index in [-0.39, 0.29) is 29.1 Å². The molecular weight excluding hydrogens is 370 g/mol. The molecule has 2 rings (SSSR count). The van der Waals surface area contributed by atoms with Crippen LogP contribution in [0.5, 0.6) is 11.5 Å². The lowest BCUT2D eigenvalue weighted by Crippen LogP contribution is -2.51. The Morgan fingerprint density at radius 1 is 1.19 bits per heavy atom. The second-order valence-corrected chi connectivity index (χ2v) is 8.48. The van der Waals surface area contributed by atoms with Gasteiger partial charge in [-0.3, -0.25) is 9.69 Å². The van der Waals surface area contributed by atoms with E-state index >= 15 is 0 Å². The molecule has 1 atom stereocenters. The highest BCUT2D eigenvalue weighted by Gasteiger charge is 2.31. The fourth-order valence-electron chi connectivity index (χ4n) is 2.88. The Balaban J connectivity index is 2.04. The Morgan fingerprint density at radius 2 is 1.85 bits per heavy atom. The maximum Gasteiger partial charge on any atom is 0.246 e. The maximum absolute atomic E-state index is 13.0. The van der Waals surface area contributed by atoms with Crippen molar-refractivity contribution in [2.45, 2.75) is 31.2 Å². The van der Waals surface area contributed by atoms with Gasteiger partial charge < -0.3 is 14.8 Å². The number of ether oxygens (including phenoxy) is 2. The molecule has 1 N–H and O–H groups in total. The zero-order chi connectivity index (χ0) is 20.0. The molecule has 152 valence electrons. The van der Waals surface area contributed by atoms with Crippen LogP contribution in [0.25, 0.3) is 0 Å². The SMILES string of the molecule is CC[C@H](C)NC(=O)CN1CCN(S(=O)(=O)c2cc(OC)ccc2OC)CC1. The third-order valence-electron chi connectivity index (χ3n) is 4.71. The third kappa shape index (κ3) is 5.33. The van der Waals surface area contributed by atoms with Gasteiger partial charge in [0.2, 0.25) is 15.9 Å². The van der Waals surface area contributed by atoms with Gasteiger partial charge in [-0.25, -0.2) is 8.42 Å². The van der Waals surface area contributed by atoms with Crippen LogP contribution in [0.3, 0.4) is 0 Å². The number of methoxy groups -OCH3 is 2. The third-order valence-corrected chi connectivity index (χ3v) is 6.63. The van der Waals surface area contributed by atoms with Crippen LogP contribution in [-0.2, 0) is 14.8 Å². The molecule has 0 unspecified atom stereocenters. The number of piperazine rings is 1. The van der Waals surface area contributed by atoms with Gasteiger partial charge in [-0.15, -0.1) is 0 Å². The highest BCUT2D eigenvalue weighted by Crippen LogP contribution is 2.31. The van der Waals surface area contributed by atoms with E-state index in [2.05, 4.69) is 5.32 Å². The number of nitrogens with zero attached hydrogens (tertiary/aromatic N) is 2. The number of nitrogens with one attached hydrogen (secondary N) is 1. The van der Waals surface area contributed by atoms with Crippen molar-refractivity contribution in [3.63, 3.8) is 0 Å². The van der Waals surface area contributed by atoms with Gasteiger partial charge >= 0.3 is 0 Å². The van der Waals surface area contributed by atoms with Gasteiger partial charge in [0.15, 0.2) is 0 Å².